The summed E-state index contributed by atoms with van der Waals surface area (Å²) in [5, 5.41) is 11.8. The minimum absolute atomic E-state index is 0.537. The Morgan fingerprint density at radius 1 is 1.50 bits per heavy atom. The van der Waals surface area contributed by atoms with E-state index in [0.29, 0.717) is 5.25 Å². The van der Waals surface area contributed by atoms with Gasteiger partial charge in [-0.2, -0.15) is 5.10 Å². The van der Waals surface area contributed by atoms with Gasteiger partial charge in [0.25, 0.3) is 0 Å². The van der Waals surface area contributed by atoms with Gasteiger partial charge in [0.15, 0.2) is 5.16 Å². The van der Waals surface area contributed by atoms with E-state index in [1.54, 1.807) is 18.1 Å². The first kappa shape index (κ1) is 11.9. The Morgan fingerprint density at radius 2 is 2.31 bits per heavy atom. The smallest absolute Gasteiger partial charge is 0.183 e. The highest BCUT2D eigenvalue weighted by molar-refractivity contribution is 7.99. The molecule has 0 aliphatic heterocycles. The molecule has 0 spiro atoms. The standard InChI is InChI=1S/C11H20N4S/c1-9(16-11-13-8-14-15-11)7-12-10-5-3-2-4-6-10/h8-10,12H,2-7H2,1H3,(H,13,14,15). The Kier molecular flexibility index (Phi) is 4.66. The zero-order valence-electron chi connectivity index (χ0n) is 9.78. The van der Waals surface area contributed by atoms with Gasteiger partial charge < -0.3 is 5.32 Å². The molecule has 0 radical (unpaired) electrons. The van der Waals surface area contributed by atoms with Crippen LogP contribution in [0.3, 0.4) is 0 Å². The molecule has 1 atom stereocenters. The summed E-state index contributed by atoms with van der Waals surface area (Å²) in [7, 11) is 0. The minimum Gasteiger partial charge on any atom is -0.313 e. The first-order valence-corrected chi connectivity index (χ1v) is 6.98. The average molecular weight is 240 g/mol. The van der Waals surface area contributed by atoms with Crippen molar-refractivity contribution in [3.63, 3.8) is 0 Å². The second-order valence-electron chi connectivity index (χ2n) is 4.46. The number of rotatable bonds is 5. The molecule has 5 heteroatoms. The largest absolute Gasteiger partial charge is 0.313 e. The third-order valence-corrected chi connectivity index (χ3v) is 3.99. The molecule has 0 amide bonds. The summed E-state index contributed by atoms with van der Waals surface area (Å²) < 4.78 is 0. The van der Waals surface area contributed by atoms with Gasteiger partial charge in [-0.25, -0.2) is 4.98 Å². The van der Waals surface area contributed by atoms with Crippen LogP contribution in [0.15, 0.2) is 11.5 Å². The third-order valence-electron chi connectivity index (χ3n) is 3.00. The van der Waals surface area contributed by atoms with Crippen molar-refractivity contribution in [3.05, 3.63) is 6.33 Å². The van der Waals surface area contributed by atoms with Gasteiger partial charge in [-0.05, 0) is 12.8 Å². The Labute approximate surface area is 101 Å². The zero-order valence-corrected chi connectivity index (χ0v) is 10.6. The molecular weight excluding hydrogens is 220 g/mol. The van der Waals surface area contributed by atoms with Crippen LogP contribution >= 0.6 is 11.8 Å². The molecule has 1 saturated carbocycles. The number of nitrogens with one attached hydrogen (secondary N) is 2. The predicted molar refractivity (Wildman–Crippen MR) is 66.6 cm³/mol. The van der Waals surface area contributed by atoms with E-state index in [2.05, 4.69) is 27.4 Å². The molecule has 1 aliphatic rings. The molecule has 1 unspecified atom stereocenters. The molecule has 1 aliphatic carbocycles. The minimum atomic E-state index is 0.537. The molecule has 16 heavy (non-hydrogen) atoms. The topological polar surface area (TPSA) is 53.6 Å². The second kappa shape index (κ2) is 6.25. The molecule has 1 fully saturated rings. The molecule has 0 aromatic carbocycles. The number of H-pyrrole nitrogens is 1. The number of hydrogen-bond acceptors (Lipinski definition) is 4. The molecule has 2 rings (SSSR count). The maximum atomic E-state index is 4.12. The van der Waals surface area contributed by atoms with Gasteiger partial charge in [-0.1, -0.05) is 37.9 Å². The van der Waals surface area contributed by atoms with Crippen LogP contribution < -0.4 is 5.32 Å². The Hall–Kier alpha value is -0.550. The summed E-state index contributed by atoms with van der Waals surface area (Å²) in [5.74, 6) is 0. The number of aromatic amines is 1. The van der Waals surface area contributed by atoms with Crippen LogP contribution in [0.4, 0.5) is 0 Å². The van der Waals surface area contributed by atoms with E-state index in [1.165, 1.54) is 32.1 Å². The number of aromatic nitrogens is 3. The molecule has 0 bridgehead atoms. The van der Waals surface area contributed by atoms with Gasteiger partial charge in [0.1, 0.15) is 6.33 Å². The van der Waals surface area contributed by atoms with E-state index in [-0.39, 0.29) is 0 Å². The van der Waals surface area contributed by atoms with E-state index in [9.17, 15) is 0 Å². The zero-order chi connectivity index (χ0) is 11.2. The van der Waals surface area contributed by atoms with E-state index < -0.39 is 0 Å². The van der Waals surface area contributed by atoms with Gasteiger partial charge in [0, 0.05) is 17.8 Å². The lowest BCUT2D eigenvalue weighted by atomic mass is 9.95. The maximum absolute atomic E-state index is 4.12. The lowest BCUT2D eigenvalue weighted by Crippen LogP contribution is -2.35. The average Bonchev–Trinajstić information content (AvgIpc) is 2.81. The van der Waals surface area contributed by atoms with Crippen molar-refractivity contribution in [1.82, 2.24) is 20.5 Å². The molecule has 1 heterocycles. The number of thioether (sulfide) groups is 1. The van der Waals surface area contributed by atoms with Gasteiger partial charge in [-0.15, -0.1) is 0 Å². The van der Waals surface area contributed by atoms with Crippen molar-refractivity contribution < 1.29 is 0 Å². The molecular formula is C11H20N4S. The van der Waals surface area contributed by atoms with Gasteiger partial charge in [0.2, 0.25) is 0 Å². The Balaban J connectivity index is 1.65. The molecule has 1 aromatic rings. The first-order chi connectivity index (χ1) is 7.84. The highest BCUT2D eigenvalue weighted by atomic mass is 32.2. The van der Waals surface area contributed by atoms with Crippen LogP contribution in [0, 0.1) is 0 Å². The van der Waals surface area contributed by atoms with Crippen LogP contribution in [-0.2, 0) is 0 Å². The lowest BCUT2D eigenvalue weighted by molar-refractivity contribution is 0.375. The molecule has 2 N–H and O–H groups in total. The fourth-order valence-corrected chi connectivity index (χ4v) is 2.90. The van der Waals surface area contributed by atoms with Crippen LogP contribution in [0.1, 0.15) is 39.0 Å². The summed E-state index contributed by atoms with van der Waals surface area (Å²) in [5.41, 5.74) is 0. The van der Waals surface area contributed by atoms with Crippen LogP contribution in [0.5, 0.6) is 0 Å². The van der Waals surface area contributed by atoms with Crippen molar-refractivity contribution in [1.29, 1.82) is 0 Å². The monoisotopic (exact) mass is 240 g/mol. The van der Waals surface area contributed by atoms with Crippen LogP contribution in [0.2, 0.25) is 0 Å². The van der Waals surface area contributed by atoms with Crippen molar-refractivity contribution in [3.8, 4) is 0 Å². The fourth-order valence-electron chi connectivity index (χ4n) is 2.12. The van der Waals surface area contributed by atoms with Crippen LogP contribution in [-0.4, -0.2) is 33.0 Å². The number of nitrogens with zero attached hydrogens (tertiary/aromatic N) is 2. The molecule has 0 saturated heterocycles. The van der Waals surface area contributed by atoms with Crippen molar-refractivity contribution >= 4 is 11.8 Å². The molecule has 1 aromatic heterocycles. The van der Waals surface area contributed by atoms with Crippen molar-refractivity contribution in [2.75, 3.05) is 6.54 Å². The van der Waals surface area contributed by atoms with Crippen molar-refractivity contribution in [2.24, 2.45) is 0 Å². The lowest BCUT2D eigenvalue weighted by Gasteiger charge is -2.24. The fraction of sp³-hybridized carbons (Fsp3) is 0.818. The third kappa shape index (κ3) is 3.79. The molecule has 4 nitrogen and oxygen atoms in total. The van der Waals surface area contributed by atoms with Gasteiger partial charge in [-0.3, -0.25) is 5.10 Å². The summed E-state index contributed by atoms with van der Waals surface area (Å²) >= 11 is 1.75. The second-order valence-corrected chi connectivity index (χ2v) is 5.89. The van der Waals surface area contributed by atoms with Crippen LogP contribution in [0.25, 0.3) is 0 Å². The molecule has 90 valence electrons. The summed E-state index contributed by atoms with van der Waals surface area (Å²) in [6.07, 6.45) is 8.45. The van der Waals surface area contributed by atoms with E-state index in [0.717, 1.165) is 17.7 Å². The Morgan fingerprint density at radius 3 is 3.00 bits per heavy atom. The first-order valence-electron chi connectivity index (χ1n) is 6.10. The normalized spacial score (nSPS) is 19.8. The SMILES string of the molecule is CC(CNC1CCCCC1)Sc1ncn[nH]1. The van der Waals surface area contributed by atoms with E-state index in [1.807, 2.05) is 0 Å². The quantitative estimate of drug-likeness (QED) is 0.775. The maximum Gasteiger partial charge on any atom is 0.183 e. The van der Waals surface area contributed by atoms with E-state index in [4.69, 9.17) is 0 Å². The summed E-state index contributed by atoms with van der Waals surface area (Å²) in [4.78, 5) is 4.12. The predicted octanol–water partition coefficient (Wildman–Crippen LogP) is 2.21. The van der Waals surface area contributed by atoms with Gasteiger partial charge in [0.05, 0.1) is 0 Å². The van der Waals surface area contributed by atoms with E-state index >= 15 is 0 Å². The summed E-state index contributed by atoms with van der Waals surface area (Å²) in [6.45, 7) is 3.28. The number of hydrogen-bond donors (Lipinski definition) is 2. The summed E-state index contributed by atoms with van der Waals surface area (Å²) in [6, 6.07) is 0.742. The van der Waals surface area contributed by atoms with Crippen molar-refractivity contribution in [2.45, 2.75) is 55.5 Å². The highest BCUT2D eigenvalue weighted by Gasteiger charge is 2.14. The Bertz CT molecular complexity index is 282. The van der Waals surface area contributed by atoms with Gasteiger partial charge >= 0.3 is 0 Å². The highest BCUT2D eigenvalue weighted by Crippen LogP contribution is 2.20.